The van der Waals surface area contributed by atoms with Crippen molar-refractivity contribution in [3.05, 3.63) is 46.6 Å². The minimum absolute atomic E-state index is 0.0569. The molecule has 34 heavy (non-hydrogen) atoms. The summed E-state index contributed by atoms with van der Waals surface area (Å²) in [6, 6.07) is 5.69. The molecule has 1 saturated heterocycles. The maximum Gasteiger partial charge on any atom is 0.416 e. The van der Waals surface area contributed by atoms with Gasteiger partial charge in [0.15, 0.2) is 0 Å². The number of aldehydes is 1. The molecule has 0 bridgehead atoms. The number of amides is 2. The van der Waals surface area contributed by atoms with Crippen LogP contribution in [-0.2, 0) is 20.6 Å². The highest BCUT2D eigenvalue weighted by Gasteiger charge is 2.49. The number of aromatic nitrogens is 1. The smallest absolute Gasteiger partial charge is 0.368 e. The van der Waals surface area contributed by atoms with Crippen molar-refractivity contribution in [1.29, 1.82) is 0 Å². The summed E-state index contributed by atoms with van der Waals surface area (Å²) in [7, 11) is 1.53. The van der Waals surface area contributed by atoms with Crippen molar-refractivity contribution >= 4 is 46.9 Å². The monoisotopic (exact) mass is 494 g/mol. The van der Waals surface area contributed by atoms with E-state index < -0.39 is 35.5 Å². The average molecular weight is 495 g/mol. The van der Waals surface area contributed by atoms with Crippen LogP contribution in [0.3, 0.4) is 0 Å². The minimum Gasteiger partial charge on any atom is -0.368 e. The van der Waals surface area contributed by atoms with Gasteiger partial charge in [0.25, 0.3) is 0 Å². The van der Waals surface area contributed by atoms with Gasteiger partial charge < -0.3 is 14.6 Å². The molecule has 0 unspecified atom stereocenters. The van der Waals surface area contributed by atoms with Crippen molar-refractivity contribution in [3.8, 4) is 0 Å². The van der Waals surface area contributed by atoms with E-state index in [4.69, 9.17) is 11.6 Å². The van der Waals surface area contributed by atoms with E-state index in [0.29, 0.717) is 22.9 Å². The fourth-order valence-electron chi connectivity index (χ4n) is 4.68. The van der Waals surface area contributed by atoms with Gasteiger partial charge in [0.05, 0.1) is 22.0 Å². The first-order valence-corrected chi connectivity index (χ1v) is 11.0. The molecule has 1 aromatic carbocycles. The van der Waals surface area contributed by atoms with Crippen LogP contribution in [0.4, 0.5) is 30.4 Å². The molecule has 0 radical (unpaired) electrons. The number of halogens is 4. The second-order valence-corrected chi connectivity index (χ2v) is 8.84. The van der Waals surface area contributed by atoms with E-state index in [1.54, 1.807) is 18.2 Å². The lowest BCUT2D eigenvalue weighted by Gasteiger charge is -2.39. The van der Waals surface area contributed by atoms with Gasteiger partial charge in [-0.1, -0.05) is 17.7 Å². The Morgan fingerprint density at radius 1 is 1.24 bits per heavy atom. The summed E-state index contributed by atoms with van der Waals surface area (Å²) < 4.78 is 40.3. The number of para-hydroxylation sites is 1. The summed E-state index contributed by atoms with van der Waals surface area (Å²) in [4.78, 5) is 46.3. The Bertz CT molecular complexity index is 1160. The number of rotatable bonds is 4. The van der Waals surface area contributed by atoms with Crippen LogP contribution in [0, 0.1) is 12.8 Å². The number of likely N-dealkylation sites (N-methyl/N-ethyl adjacent to an activating group) is 1. The van der Waals surface area contributed by atoms with Crippen LogP contribution in [0.25, 0.3) is 0 Å². The third kappa shape index (κ3) is 4.22. The SMILES string of the molecule is Cc1cc(C(F)(F)F)cc(N2C(=O)C[C@@H]3CN(CCC=O)c4c(Cl)cccc4N(C)C(=O)[C@H]32)n1. The van der Waals surface area contributed by atoms with Crippen LogP contribution in [0.1, 0.15) is 24.1 Å². The number of anilines is 3. The van der Waals surface area contributed by atoms with E-state index in [1.807, 2.05) is 4.90 Å². The number of hydrogen-bond donors (Lipinski definition) is 0. The summed E-state index contributed by atoms with van der Waals surface area (Å²) >= 11 is 6.47. The summed E-state index contributed by atoms with van der Waals surface area (Å²) in [5.74, 6) is -1.70. The zero-order valence-corrected chi connectivity index (χ0v) is 19.2. The molecule has 1 fully saturated rings. The van der Waals surface area contributed by atoms with E-state index in [1.165, 1.54) is 18.9 Å². The number of carbonyl (C=O) groups excluding carboxylic acids is 3. The number of aryl methyl sites for hydroxylation is 1. The Morgan fingerprint density at radius 2 is 1.97 bits per heavy atom. The molecule has 0 N–H and O–H groups in total. The molecule has 0 saturated carbocycles. The fraction of sp³-hybridized carbons (Fsp3) is 0.391. The van der Waals surface area contributed by atoms with E-state index in [-0.39, 0.29) is 30.9 Å². The summed E-state index contributed by atoms with van der Waals surface area (Å²) in [5, 5.41) is 0.387. The number of nitrogens with zero attached hydrogens (tertiary/aromatic N) is 4. The Kier molecular flexibility index (Phi) is 6.28. The van der Waals surface area contributed by atoms with Gasteiger partial charge in [-0.15, -0.1) is 0 Å². The van der Waals surface area contributed by atoms with Crippen LogP contribution >= 0.6 is 11.6 Å². The quantitative estimate of drug-likeness (QED) is 0.604. The Morgan fingerprint density at radius 3 is 2.65 bits per heavy atom. The molecule has 11 heteroatoms. The van der Waals surface area contributed by atoms with Crippen LogP contribution in [0.15, 0.2) is 30.3 Å². The van der Waals surface area contributed by atoms with Gasteiger partial charge in [-0.05, 0) is 31.2 Å². The molecule has 1 aromatic heterocycles. The number of hydrogen-bond acceptors (Lipinski definition) is 5. The second kappa shape index (κ2) is 8.90. The number of benzene rings is 1. The van der Waals surface area contributed by atoms with Gasteiger partial charge in [0, 0.05) is 44.6 Å². The minimum atomic E-state index is -4.63. The molecule has 0 spiro atoms. The number of fused-ring (bicyclic) bond motifs is 2. The molecule has 2 aromatic rings. The van der Waals surface area contributed by atoms with Crippen LogP contribution in [-0.4, -0.2) is 49.3 Å². The normalized spacial score (nSPS) is 20.7. The van der Waals surface area contributed by atoms with Gasteiger partial charge in [0.2, 0.25) is 11.8 Å². The summed E-state index contributed by atoms with van der Waals surface area (Å²) in [6.45, 7) is 1.93. The molecular weight excluding hydrogens is 473 g/mol. The lowest BCUT2D eigenvalue weighted by Crippen LogP contribution is -2.52. The van der Waals surface area contributed by atoms with E-state index >= 15 is 0 Å². The average Bonchev–Trinajstić information content (AvgIpc) is 3.09. The van der Waals surface area contributed by atoms with Gasteiger partial charge in [-0.25, -0.2) is 4.98 Å². The molecule has 0 aliphatic carbocycles. The zero-order chi connectivity index (χ0) is 24.8. The van der Waals surface area contributed by atoms with Crippen molar-refractivity contribution in [1.82, 2.24) is 4.98 Å². The molecule has 2 atom stereocenters. The highest BCUT2D eigenvalue weighted by Crippen LogP contribution is 2.42. The van der Waals surface area contributed by atoms with Crippen molar-refractivity contribution in [2.45, 2.75) is 32.0 Å². The highest BCUT2D eigenvalue weighted by atomic mass is 35.5. The molecule has 3 heterocycles. The topological polar surface area (TPSA) is 73.8 Å². The number of pyridine rings is 1. The Hall–Kier alpha value is -3.14. The zero-order valence-electron chi connectivity index (χ0n) is 18.5. The summed E-state index contributed by atoms with van der Waals surface area (Å²) in [6.07, 6.45) is -3.72. The predicted molar refractivity (Wildman–Crippen MR) is 121 cm³/mol. The lowest BCUT2D eigenvalue weighted by atomic mass is 9.95. The predicted octanol–water partition coefficient (Wildman–Crippen LogP) is 3.86. The fourth-order valence-corrected chi connectivity index (χ4v) is 4.96. The standard InChI is InChI=1S/C23H22ClF3N4O3/c1-13-9-15(23(25,26)27)11-18(28-13)31-19(33)10-14-12-30(7-4-8-32)21-16(24)5-3-6-17(21)29(2)22(34)20(14)31/h3,5-6,8-9,11,14,20H,4,7,10,12H2,1-2H3/t14-,20+/m1/s1. The molecule has 2 aliphatic rings. The summed E-state index contributed by atoms with van der Waals surface area (Å²) in [5.41, 5.74) is 0.189. The molecular formula is C23H22ClF3N4O3. The van der Waals surface area contributed by atoms with Crippen molar-refractivity contribution in [2.75, 3.05) is 34.8 Å². The number of carbonyl (C=O) groups is 3. The van der Waals surface area contributed by atoms with Gasteiger partial charge in [-0.2, -0.15) is 13.2 Å². The highest BCUT2D eigenvalue weighted by molar-refractivity contribution is 6.34. The molecule has 4 rings (SSSR count). The third-order valence-electron chi connectivity index (χ3n) is 6.14. The van der Waals surface area contributed by atoms with Crippen LogP contribution in [0.5, 0.6) is 0 Å². The second-order valence-electron chi connectivity index (χ2n) is 8.43. The van der Waals surface area contributed by atoms with Crippen molar-refractivity contribution < 1.29 is 27.6 Å². The maximum atomic E-state index is 13.6. The molecule has 2 amide bonds. The first kappa shape index (κ1) is 24.0. The van der Waals surface area contributed by atoms with Gasteiger partial charge in [-0.3, -0.25) is 14.5 Å². The third-order valence-corrected chi connectivity index (χ3v) is 6.45. The van der Waals surface area contributed by atoms with E-state index in [0.717, 1.165) is 23.3 Å². The molecule has 180 valence electrons. The number of alkyl halides is 3. The van der Waals surface area contributed by atoms with Crippen LogP contribution in [0.2, 0.25) is 5.02 Å². The van der Waals surface area contributed by atoms with Gasteiger partial charge >= 0.3 is 6.18 Å². The largest absolute Gasteiger partial charge is 0.416 e. The van der Waals surface area contributed by atoms with Crippen LogP contribution < -0.4 is 14.7 Å². The Labute approximate surface area is 199 Å². The maximum absolute atomic E-state index is 13.6. The first-order chi connectivity index (χ1) is 16.0. The molecule has 2 aliphatic heterocycles. The molecule has 7 nitrogen and oxygen atoms in total. The first-order valence-electron chi connectivity index (χ1n) is 10.7. The Balaban J connectivity index is 1.83. The van der Waals surface area contributed by atoms with Gasteiger partial charge in [0.1, 0.15) is 18.1 Å². The van der Waals surface area contributed by atoms with Crippen molar-refractivity contribution in [3.63, 3.8) is 0 Å². The van der Waals surface area contributed by atoms with E-state index in [9.17, 15) is 27.6 Å². The van der Waals surface area contributed by atoms with Crippen molar-refractivity contribution in [2.24, 2.45) is 5.92 Å². The van der Waals surface area contributed by atoms with E-state index in [2.05, 4.69) is 4.98 Å². The lowest BCUT2D eigenvalue weighted by molar-refractivity contribution is -0.137.